The maximum absolute atomic E-state index is 12.7. The number of hydrogen-bond donors (Lipinski definition) is 0. The van der Waals surface area contributed by atoms with E-state index in [0.29, 0.717) is 11.3 Å². The molecule has 0 saturated carbocycles. The van der Waals surface area contributed by atoms with Crippen molar-refractivity contribution in [3.05, 3.63) is 53.0 Å². The molecule has 1 fully saturated rings. The number of carbonyl (C=O) groups excluding carboxylic acids is 1. The van der Waals surface area contributed by atoms with Crippen LogP contribution in [0.5, 0.6) is 5.75 Å². The number of thiazole rings is 1. The molecule has 1 aliphatic rings. The van der Waals surface area contributed by atoms with Crippen LogP contribution in [-0.2, 0) is 16.3 Å². The lowest BCUT2D eigenvalue weighted by molar-refractivity contribution is 0.0659. The summed E-state index contributed by atoms with van der Waals surface area (Å²) in [7, 11) is -1.93. The van der Waals surface area contributed by atoms with Gasteiger partial charge in [-0.1, -0.05) is 6.92 Å². The van der Waals surface area contributed by atoms with Gasteiger partial charge in [0.05, 0.1) is 27.2 Å². The monoisotopic (exact) mass is 416 g/mol. The molecule has 8 heteroatoms. The Morgan fingerprint density at radius 1 is 1.21 bits per heavy atom. The zero-order valence-corrected chi connectivity index (χ0v) is 17.2. The highest BCUT2D eigenvalue weighted by atomic mass is 32.2. The van der Waals surface area contributed by atoms with Gasteiger partial charge < -0.3 is 9.64 Å². The number of sulfone groups is 1. The summed E-state index contributed by atoms with van der Waals surface area (Å²) in [5.41, 5.74) is 1.46. The molecule has 6 nitrogen and oxygen atoms in total. The average Bonchev–Trinajstić information content (AvgIpc) is 3.09. The Morgan fingerprint density at radius 3 is 2.57 bits per heavy atom. The maximum Gasteiger partial charge on any atom is 0.253 e. The lowest BCUT2D eigenvalue weighted by atomic mass is 10.1. The molecule has 0 N–H and O–H groups in total. The Labute approximate surface area is 167 Å². The predicted molar refractivity (Wildman–Crippen MR) is 109 cm³/mol. The molecule has 1 aliphatic heterocycles. The smallest absolute Gasteiger partial charge is 0.253 e. The summed E-state index contributed by atoms with van der Waals surface area (Å²) in [5.74, 6) is 0.462. The Hall–Kier alpha value is -2.45. The first-order chi connectivity index (χ1) is 13.4. The fourth-order valence-electron chi connectivity index (χ4n) is 3.20. The summed E-state index contributed by atoms with van der Waals surface area (Å²) in [4.78, 5) is 19.1. The molecule has 1 saturated heterocycles. The molecule has 2 heterocycles. The Bertz CT molecular complexity index is 1130. The number of fused-ring (bicyclic) bond motifs is 1. The van der Waals surface area contributed by atoms with Gasteiger partial charge in [0.15, 0.2) is 9.84 Å². The van der Waals surface area contributed by atoms with Gasteiger partial charge in [0.25, 0.3) is 5.91 Å². The molecule has 1 amide bonds. The van der Waals surface area contributed by atoms with E-state index in [4.69, 9.17) is 4.74 Å². The number of benzene rings is 2. The normalized spacial score (nSPS) is 14.9. The average molecular weight is 417 g/mol. The highest BCUT2D eigenvalue weighted by Crippen LogP contribution is 2.28. The van der Waals surface area contributed by atoms with Gasteiger partial charge in [-0.25, -0.2) is 13.4 Å². The van der Waals surface area contributed by atoms with Crippen molar-refractivity contribution < 1.29 is 17.9 Å². The number of methoxy groups -OCH3 is 1. The summed E-state index contributed by atoms with van der Waals surface area (Å²) < 4.78 is 31.5. The number of ether oxygens (including phenoxy) is 1. The van der Waals surface area contributed by atoms with E-state index in [1.807, 2.05) is 19.1 Å². The molecule has 2 aromatic carbocycles. The van der Waals surface area contributed by atoms with Crippen molar-refractivity contribution in [3.8, 4) is 5.75 Å². The van der Waals surface area contributed by atoms with Crippen molar-refractivity contribution in [1.82, 2.24) is 9.88 Å². The number of aromatic nitrogens is 1. The van der Waals surface area contributed by atoms with E-state index in [-0.39, 0.29) is 23.9 Å². The lowest BCUT2D eigenvalue weighted by Crippen LogP contribution is -2.56. The van der Waals surface area contributed by atoms with E-state index < -0.39 is 15.1 Å². The molecule has 0 atom stereocenters. The van der Waals surface area contributed by atoms with Gasteiger partial charge in [0.2, 0.25) is 0 Å². The van der Waals surface area contributed by atoms with E-state index in [2.05, 4.69) is 4.98 Å². The maximum atomic E-state index is 12.7. The minimum Gasteiger partial charge on any atom is -0.497 e. The second-order valence-corrected chi connectivity index (χ2v) is 10.0. The molecule has 0 spiro atoms. The predicted octanol–water partition coefficient (Wildman–Crippen LogP) is 3.17. The van der Waals surface area contributed by atoms with Crippen LogP contribution in [0.25, 0.3) is 10.2 Å². The summed E-state index contributed by atoms with van der Waals surface area (Å²) in [6.45, 7) is 2.45. The number of likely N-dealkylation sites (tertiary alicyclic amines) is 1. The van der Waals surface area contributed by atoms with Crippen molar-refractivity contribution >= 4 is 37.3 Å². The lowest BCUT2D eigenvalue weighted by Gasteiger charge is -2.38. The number of amides is 1. The number of hydrogen-bond acceptors (Lipinski definition) is 6. The van der Waals surface area contributed by atoms with Gasteiger partial charge in [-0.05, 0) is 48.9 Å². The number of nitrogens with zero attached hydrogens (tertiary/aromatic N) is 2. The zero-order chi connectivity index (χ0) is 19.9. The van der Waals surface area contributed by atoms with Crippen LogP contribution in [0.15, 0.2) is 47.4 Å². The molecule has 0 bridgehead atoms. The molecule has 0 aliphatic carbocycles. The molecule has 28 heavy (non-hydrogen) atoms. The first-order valence-electron chi connectivity index (χ1n) is 8.99. The van der Waals surface area contributed by atoms with Crippen LogP contribution in [0.2, 0.25) is 0 Å². The van der Waals surface area contributed by atoms with Crippen molar-refractivity contribution in [2.75, 3.05) is 20.2 Å². The first kappa shape index (κ1) is 18.9. The Kier molecular flexibility index (Phi) is 4.84. The summed E-state index contributed by atoms with van der Waals surface area (Å²) >= 11 is 1.58. The van der Waals surface area contributed by atoms with Crippen LogP contribution in [0.3, 0.4) is 0 Å². The molecule has 1 aromatic heterocycles. The van der Waals surface area contributed by atoms with Crippen LogP contribution in [0, 0.1) is 0 Å². The largest absolute Gasteiger partial charge is 0.497 e. The fourth-order valence-corrected chi connectivity index (χ4v) is 5.80. The Balaban J connectivity index is 1.47. The molecule has 0 unspecified atom stereocenters. The van der Waals surface area contributed by atoms with Crippen molar-refractivity contribution in [3.63, 3.8) is 0 Å². The topological polar surface area (TPSA) is 76.6 Å². The molecule has 4 rings (SSSR count). The quantitative estimate of drug-likeness (QED) is 0.639. The standard InChI is InChI=1S/C20H20N2O4S2/c1-3-19-21-17-9-4-13(10-18(17)27-19)20(23)22-11-16(12-22)28(24,25)15-7-5-14(26-2)6-8-15/h4-10,16H,3,11-12H2,1-2H3. The SMILES string of the molecule is CCc1nc2ccc(C(=O)N3CC(S(=O)(=O)c4ccc(OC)cc4)C3)cc2s1. The van der Waals surface area contributed by atoms with Gasteiger partial charge in [0.1, 0.15) is 11.0 Å². The van der Waals surface area contributed by atoms with Crippen molar-refractivity contribution in [2.24, 2.45) is 0 Å². The van der Waals surface area contributed by atoms with Crippen LogP contribution in [0.1, 0.15) is 22.3 Å². The van der Waals surface area contributed by atoms with Crippen LogP contribution in [0.4, 0.5) is 0 Å². The summed E-state index contributed by atoms with van der Waals surface area (Å²) in [6.07, 6.45) is 0.861. The summed E-state index contributed by atoms with van der Waals surface area (Å²) in [6, 6.07) is 11.8. The minimum atomic E-state index is -3.47. The highest BCUT2D eigenvalue weighted by molar-refractivity contribution is 7.92. The van der Waals surface area contributed by atoms with Crippen LogP contribution in [-0.4, -0.2) is 49.7 Å². The first-order valence-corrected chi connectivity index (χ1v) is 11.4. The number of aryl methyl sites for hydroxylation is 1. The van der Waals surface area contributed by atoms with Gasteiger partial charge in [0, 0.05) is 18.7 Å². The third-order valence-corrected chi connectivity index (χ3v) is 8.21. The van der Waals surface area contributed by atoms with Crippen LogP contribution < -0.4 is 4.74 Å². The van der Waals surface area contributed by atoms with E-state index in [1.54, 1.807) is 46.6 Å². The second kappa shape index (κ2) is 7.18. The van der Waals surface area contributed by atoms with Crippen molar-refractivity contribution in [1.29, 1.82) is 0 Å². The molecular weight excluding hydrogens is 396 g/mol. The van der Waals surface area contributed by atoms with Gasteiger partial charge >= 0.3 is 0 Å². The highest BCUT2D eigenvalue weighted by Gasteiger charge is 2.40. The van der Waals surface area contributed by atoms with Crippen molar-refractivity contribution in [2.45, 2.75) is 23.5 Å². The van der Waals surface area contributed by atoms with Gasteiger partial charge in [-0.15, -0.1) is 11.3 Å². The number of rotatable bonds is 5. The van der Waals surface area contributed by atoms with E-state index in [0.717, 1.165) is 21.6 Å². The third-order valence-electron chi connectivity index (χ3n) is 4.94. The third kappa shape index (κ3) is 3.27. The number of carbonyl (C=O) groups is 1. The zero-order valence-electron chi connectivity index (χ0n) is 15.6. The molecular formula is C20H20N2O4S2. The van der Waals surface area contributed by atoms with E-state index in [1.165, 1.54) is 7.11 Å². The van der Waals surface area contributed by atoms with Gasteiger partial charge in [-0.3, -0.25) is 4.79 Å². The van der Waals surface area contributed by atoms with E-state index >= 15 is 0 Å². The Morgan fingerprint density at radius 2 is 1.93 bits per heavy atom. The fraction of sp³-hybridized carbons (Fsp3) is 0.300. The van der Waals surface area contributed by atoms with Gasteiger partial charge in [-0.2, -0.15) is 0 Å². The molecule has 3 aromatic rings. The summed E-state index contributed by atoms with van der Waals surface area (Å²) in [5, 5.41) is 0.456. The molecule has 0 radical (unpaired) electrons. The molecule has 146 valence electrons. The van der Waals surface area contributed by atoms with Crippen LogP contribution >= 0.6 is 11.3 Å². The minimum absolute atomic E-state index is 0.144. The van der Waals surface area contributed by atoms with E-state index in [9.17, 15) is 13.2 Å². The second-order valence-electron chi connectivity index (χ2n) is 6.70.